The minimum Gasteiger partial charge on any atom is -0.314 e. The van der Waals surface area contributed by atoms with Crippen LogP contribution in [0.5, 0.6) is 0 Å². The molecule has 0 atom stereocenters. The van der Waals surface area contributed by atoms with Crippen LogP contribution in [0.1, 0.15) is 0 Å². The first-order valence-electron chi connectivity index (χ1n) is 5.74. The van der Waals surface area contributed by atoms with E-state index in [-0.39, 0.29) is 0 Å². The third kappa shape index (κ3) is 5.11. The van der Waals surface area contributed by atoms with Crippen molar-refractivity contribution >= 4 is 0 Å². The Morgan fingerprint density at radius 2 is 1.33 bits per heavy atom. The van der Waals surface area contributed by atoms with Crippen molar-refractivity contribution in [2.24, 2.45) is 0 Å². The molecule has 0 saturated carbocycles. The van der Waals surface area contributed by atoms with E-state index >= 15 is 0 Å². The van der Waals surface area contributed by atoms with E-state index in [9.17, 15) is 0 Å². The van der Waals surface area contributed by atoms with Crippen molar-refractivity contribution in [1.82, 2.24) is 15.1 Å². The first-order valence-corrected chi connectivity index (χ1v) is 5.74. The second kappa shape index (κ2) is 7.63. The summed E-state index contributed by atoms with van der Waals surface area (Å²) in [6, 6.07) is 0. The lowest BCUT2D eigenvalue weighted by atomic mass is 10.4. The third-order valence-corrected chi connectivity index (χ3v) is 2.72. The predicted octanol–water partition coefficient (Wildman–Crippen LogP) is 0.566. The van der Waals surface area contributed by atoms with Crippen LogP contribution in [0.15, 0.2) is 25.3 Å². The van der Waals surface area contributed by atoms with Crippen molar-refractivity contribution in [1.29, 1.82) is 0 Å². The highest BCUT2D eigenvalue weighted by Crippen LogP contribution is 1.95. The molecule has 0 aromatic rings. The second-order valence-electron chi connectivity index (χ2n) is 3.93. The molecule has 0 aromatic heterocycles. The highest BCUT2D eigenvalue weighted by Gasteiger charge is 2.09. The van der Waals surface area contributed by atoms with E-state index < -0.39 is 0 Å². The van der Waals surface area contributed by atoms with Crippen molar-refractivity contribution in [3.05, 3.63) is 25.3 Å². The standard InChI is InChI=1S/C12H23N3/c1-3-7-14-9-5-13-6-10-15(8-4-2)12-11-14/h3-4,13H,1-2,5-12H2. The van der Waals surface area contributed by atoms with E-state index in [0.29, 0.717) is 0 Å². The highest BCUT2D eigenvalue weighted by molar-refractivity contribution is 4.79. The Bertz CT molecular complexity index is 171. The summed E-state index contributed by atoms with van der Waals surface area (Å²) in [5.74, 6) is 0. The number of hydrogen-bond donors (Lipinski definition) is 1. The molecule has 0 unspecified atom stereocenters. The van der Waals surface area contributed by atoms with Crippen molar-refractivity contribution in [2.75, 3.05) is 52.4 Å². The summed E-state index contributed by atoms with van der Waals surface area (Å²) in [6.07, 6.45) is 3.96. The lowest BCUT2D eigenvalue weighted by Crippen LogP contribution is -2.36. The van der Waals surface area contributed by atoms with E-state index in [1.165, 1.54) is 0 Å². The van der Waals surface area contributed by atoms with Crippen LogP contribution < -0.4 is 5.32 Å². The zero-order chi connectivity index (χ0) is 10.9. The summed E-state index contributed by atoms with van der Waals surface area (Å²) in [6.45, 7) is 16.2. The van der Waals surface area contributed by atoms with Gasteiger partial charge in [-0.3, -0.25) is 9.80 Å². The molecule has 1 saturated heterocycles. The fraction of sp³-hybridized carbons (Fsp3) is 0.667. The molecule has 0 radical (unpaired) electrons. The summed E-state index contributed by atoms with van der Waals surface area (Å²) in [4.78, 5) is 4.86. The van der Waals surface area contributed by atoms with Crippen molar-refractivity contribution < 1.29 is 0 Å². The van der Waals surface area contributed by atoms with Gasteiger partial charge in [0.2, 0.25) is 0 Å². The lowest BCUT2D eigenvalue weighted by Gasteiger charge is -2.23. The zero-order valence-electron chi connectivity index (χ0n) is 9.62. The lowest BCUT2D eigenvalue weighted by molar-refractivity contribution is 0.246. The van der Waals surface area contributed by atoms with Crippen LogP contribution in [0.3, 0.4) is 0 Å². The van der Waals surface area contributed by atoms with Crippen LogP contribution >= 0.6 is 0 Å². The molecule has 1 heterocycles. The molecule has 0 aromatic carbocycles. The monoisotopic (exact) mass is 209 g/mol. The van der Waals surface area contributed by atoms with Gasteiger partial charge < -0.3 is 5.32 Å². The Balaban J connectivity index is 2.39. The van der Waals surface area contributed by atoms with Gasteiger partial charge in [0.25, 0.3) is 0 Å². The first kappa shape index (κ1) is 12.4. The molecule has 0 spiro atoms. The van der Waals surface area contributed by atoms with Crippen LogP contribution in [-0.4, -0.2) is 62.2 Å². The molecule has 1 rings (SSSR count). The van der Waals surface area contributed by atoms with Gasteiger partial charge in [-0.25, -0.2) is 0 Å². The minimum absolute atomic E-state index is 0.990. The number of hydrogen-bond acceptors (Lipinski definition) is 3. The maximum atomic E-state index is 3.80. The molecule has 0 aliphatic carbocycles. The molecule has 3 heteroatoms. The summed E-state index contributed by atoms with van der Waals surface area (Å²) in [5, 5.41) is 3.45. The fourth-order valence-electron chi connectivity index (χ4n) is 1.84. The second-order valence-corrected chi connectivity index (χ2v) is 3.93. The molecule has 15 heavy (non-hydrogen) atoms. The molecular weight excluding hydrogens is 186 g/mol. The molecule has 0 amide bonds. The SMILES string of the molecule is C=CCN1CCNCCN(CC=C)CC1. The average Bonchev–Trinajstić information content (AvgIpc) is 2.33. The van der Waals surface area contributed by atoms with Crippen LogP contribution in [0, 0.1) is 0 Å². The van der Waals surface area contributed by atoms with Gasteiger partial charge in [-0.2, -0.15) is 0 Å². The van der Waals surface area contributed by atoms with E-state index in [4.69, 9.17) is 0 Å². The minimum atomic E-state index is 0.990. The Hall–Kier alpha value is -0.640. The quantitative estimate of drug-likeness (QED) is 0.683. The van der Waals surface area contributed by atoms with Crippen molar-refractivity contribution in [2.45, 2.75) is 0 Å². The third-order valence-electron chi connectivity index (χ3n) is 2.72. The average molecular weight is 209 g/mol. The van der Waals surface area contributed by atoms with Crippen molar-refractivity contribution in [3.63, 3.8) is 0 Å². The number of rotatable bonds is 4. The van der Waals surface area contributed by atoms with Crippen LogP contribution in [-0.2, 0) is 0 Å². The predicted molar refractivity (Wildman–Crippen MR) is 66.1 cm³/mol. The maximum absolute atomic E-state index is 3.80. The van der Waals surface area contributed by atoms with Crippen molar-refractivity contribution in [3.8, 4) is 0 Å². The van der Waals surface area contributed by atoms with Gasteiger partial charge in [0, 0.05) is 52.4 Å². The van der Waals surface area contributed by atoms with Gasteiger partial charge >= 0.3 is 0 Å². The normalized spacial score (nSPS) is 21.3. The maximum Gasteiger partial charge on any atom is 0.0161 e. The van der Waals surface area contributed by atoms with Gasteiger partial charge in [0.15, 0.2) is 0 Å². The van der Waals surface area contributed by atoms with Gasteiger partial charge in [0.1, 0.15) is 0 Å². The zero-order valence-corrected chi connectivity index (χ0v) is 9.62. The largest absolute Gasteiger partial charge is 0.314 e. The summed E-state index contributed by atoms with van der Waals surface area (Å²) in [7, 11) is 0. The molecule has 0 bridgehead atoms. The van der Waals surface area contributed by atoms with Gasteiger partial charge in [-0.05, 0) is 0 Å². The Labute approximate surface area is 93.4 Å². The Morgan fingerprint density at radius 1 is 0.867 bits per heavy atom. The first-order chi connectivity index (χ1) is 7.36. The van der Waals surface area contributed by atoms with Crippen LogP contribution in [0.4, 0.5) is 0 Å². The number of nitrogens with zero attached hydrogens (tertiary/aromatic N) is 2. The van der Waals surface area contributed by atoms with E-state index in [0.717, 1.165) is 52.4 Å². The van der Waals surface area contributed by atoms with Crippen LogP contribution in [0.25, 0.3) is 0 Å². The molecule has 86 valence electrons. The van der Waals surface area contributed by atoms with E-state index in [1.54, 1.807) is 0 Å². The Morgan fingerprint density at radius 3 is 1.73 bits per heavy atom. The van der Waals surface area contributed by atoms with Gasteiger partial charge in [0.05, 0.1) is 0 Å². The molecule has 1 fully saturated rings. The topological polar surface area (TPSA) is 18.5 Å². The molecule has 1 aliphatic heterocycles. The van der Waals surface area contributed by atoms with Gasteiger partial charge in [-0.15, -0.1) is 13.2 Å². The smallest absolute Gasteiger partial charge is 0.0161 e. The fourth-order valence-corrected chi connectivity index (χ4v) is 1.84. The molecular formula is C12H23N3. The van der Waals surface area contributed by atoms with Gasteiger partial charge in [-0.1, -0.05) is 12.2 Å². The molecule has 1 N–H and O–H groups in total. The number of nitrogens with one attached hydrogen (secondary N) is 1. The van der Waals surface area contributed by atoms with E-state index in [2.05, 4.69) is 28.3 Å². The Kier molecular flexibility index (Phi) is 6.32. The van der Waals surface area contributed by atoms with Crippen LogP contribution in [0.2, 0.25) is 0 Å². The summed E-state index contributed by atoms with van der Waals surface area (Å²) >= 11 is 0. The summed E-state index contributed by atoms with van der Waals surface area (Å²) in [5.41, 5.74) is 0. The highest BCUT2D eigenvalue weighted by atomic mass is 15.2. The molecule has 3 nitrogen and oxygen atoms in total. The summed E-state index contributed by atoms with van der Waals surface area (Å²) < 4.78 is 0. The molecule has 1 aliphatic rings. The van der Waals surface area contributed by atoms with E-state index in [1.807, 2.05) is 12.2 Å².